The molecule has 1 heterocycles. The normalized spacial score (nSPS) is 23.8. The first-order valence-electron chi connectivity index (χ1n) is 11.0. The molecule has 0 aliphatic carbocycles. The van der Waals surface area contributed by atoms with Crippen LogP contribution < -0.4 is 0 Å². The van der Waals surface area contributed by atoms with Crippen LogP contribution in [0, 0.1) is 17.8 Å². The molecular weight excluding hydrogens is 412 g/mol. The number of aliphatic hydroxyl groups is 3. The number of ether oxygens (including phenoxy) is 2. The zero-order chi connectivity index (χ0) is 24.3. The number of carbonyl (C=O) groups is 2. The van der Waals surface area contributed by atoms with Crippen molar-refractivity contribution >= 4 is 11.9 Å². The standard InChI is InChI=1S/C25H38O7/c1-6-25(5,30)15-18(3)13-19(4)24-21(8-10-23(29)32-24)31-22(28)9-7-17(2)14-20(16-27)11-12-26/h6-10,14,18-21,24,26-27,30H,1,11-13,15-16H2,2-5H3/b9-7+,17-14+/t18-,19+,20+,21-,24-,25-/m1/s1. The molecule has 0 saturated carbocycles. The zero-order valence-corrected chi connectivity index (χ0v) is 19.6. The Balaban J connectivity index is 2.78. The first-order chi connectivity index (χ1) is 15.0. The van der Waals surface area contributed by atoms with E-state index in [4.69, 9.17) is 14.6 Å². The van der Waals surface area contributed by atoms with Crippen molar-refractivity contribution in [3.8, 4) is 0 Å². The van der Waals surface area contributed by atoms with Gasteiger partial charge in [-0.15, -0.1) is 6.58 Å². The summed E-state index contributed by atoms with van der Waals surface area (Å²) in [6, 6.07) is 0. The fraction of sp³-hybridized carbons (Fsp3) is 0.600. The van der Waals surface area contributed by atoms with Crippen molar-refractivity contribution in [3.05, 3.63) is 48.6 Å². The van der Waals surface area contributed by atoms with E-state index in [1.807, 2.05) is 13.8 Å². The minimum Gasteiger partial charge on any atom is -0.455 e. The number of esters is 2. The van der Waals surface area contributed by atoms with Crippen molar-refractivity contribution in [1.29, 1.82) is 0 Å². The highest BCUT2D eigenvalue weighted by Gasteiger charge is 2.35. The lowest BCUT2D eigenvalue weighted by Gasteiger charge is -2.33. The topological polar surface area (TPSA) is 113 Å². The molecule has 7 nitrogen and oxygen atoms in total. The van der Waals surface area contributed by atoms with Crippen LogP contribution in [-0.4, -0.2) is 58.3 Å². The molecule has 0 aromatic heterocycles. The second-order valence-electron chi connectivity index (χ2n) is 8.94. The van der Waals surface area contributed by atoms with Crippen molar-refractivity contribution in [2.24, 2.45) is 17.8 Å². The summed E-state index contributed by atoms with van der Waals surface area (Å²) in [7, 11) is 0. The second kappa shape index (κ2) is 13.4. The van der Waals surface area contributed by atoms with Crippen molar-refractivity contribution in [2.75, 3.05) is 13.2 Å². The van der Waals surface area contributed by atoms with Crippen molar-refractivity contribution in [1.82, 2.24) is 0 Å². The lowest BCUT2D eigenvalue weighted by molar-refractivity contribution is -0.164. The van der Waals surface area contributed by atoms with Gasteiger partial charge in [0.05, 0.1) is 5.60 Å². The molecule has 0 spiro atoms. The maximum absolute atomic E-state index is 12.4. The largest absolute Gasteiger partial charge is 0.455 e. The van der Waals surface area contributed by atoms with Gasteiger partial charge in [0.2, 0.25) is 0 Å². The molecule has 6 atom stereocenters. The van der Waals surface area contributed by atoms with Gasteiger partial charge in [0.25, 0.3) is 0 Å². The van der Waals surface area contributed by atoms with E-state index in [1.165, 1.54) is 24.3 Å². The van der Waals surface area contributed by atoms with Crippen LogP contribution in [0.1, 0.15) is 47.0 Å². The maximum Gasteiger partial charge on any atom is 0.331 e. The molecule has 0 amide bonds. The molecule has 0 aromatic carbocycles. The van der Waals surface area contributed by atoms with E-state index in [0.717, 1.165) is 5.57 Å². The molecule has 1 aliphatic rings. The second-order valence-corrected chi connectivity index (χ2v) is 8.94. The van der Waals surface area contributed by atoms with Crippen LogP contribution in [0.4, 0.5) is 0 Å². The van der Waals surface area contributed by atoms with E-state index in [1.54, 1.807) is 26.0 Å². The van der Waals surface area contributed by atoms with E-state index in [0.29, 0.717) is 19.3 Å². The van der Waals surface area contributed by atoms with E-state index < -0.39 is 29.7 Å². The summed E-state index contributed by atoms with van der Waals surface area (Å²) in [5.74, 6) is -1.21. The molecule has 1 aliphatic heterocycles. The molecule has 0 unspecified atom stereocenters. The summed E-state index contributed by atoms with van der Waals surface area (Å²) in [6.07, 6.45) is 9.23. The summed E-state index contributed by atoms with van der Waals surface area (Å²) >= 11 is 0. The highest BCUT2D eigenvalue weighted by Crippen LogP contribution is 2.29. The molecule has 0 radical (unpaired) electrons. The summed E-state index contributed by atoms with van der Waals surface area (Å²) in [5.41, 5.74) is -0.218. The van der Waals surface area contributed by atoms with E-state index in [9.17, 15) is 19.8 Å². The van der Waals surface area contributed by atoms with Crippen molar-refractivity contribution in [3.63, 3.8) is 0 Å². The number of rotatable bonds is 13. The minimum absolute atomic E-state index is 0.0309. The number of hydrogen-bond donors (Lipinski definition) is 3. The first-order valence-corrected chi connectivity index (χ1v) is 11.0. The Morgan fingerprint density at radius 1 is 1.34 bits per heavy atom. The minimum atomic E-state index is -0.976. The van der Waals surface area contributed by atoms with E-state index in [2.05, 4.69) is 6.58 Å². The summed E-state index contributed by atoms with van der Waals surface area (Å²) in [5, 5.41) is 28.5. The van der Waals surface area contributed by atoms with Gasteiger partial charge in [-0.1, -0.05) is 37.6 Å². The molecule has 180 valence electrons. The van der Waals surface area contributed by atoms with Crippen LogP contribution >= 0.6 is 0 Å². The Morgan fingerprint density at radius 2 is 2.03 bits per heavy atom. The van der Waals surface area contributed by atoms with Crippen LogP contribution in [0.2, 0.25) is 0 Å². The highest BCUT2D eigenvalue weighted by molar-refractivity contribution is 5.85. The summed E-state index contributed by atoms with van der Waals surface area (Å²) in [6.45, 7) is 10.9. The van der Waals surface area contributed by atoms with Crippen LogP contribution in [0.15, 0.2) is 48.6 Å². The smallest absolute Gasteiger partial charge is 0.331 e. The van der Waals surface area contributed by atoms with Crippen LogP contribution in [0.3, 0.4) is 0 Å². The third-order valence-corrected chi connectivity index (χ3v) is 5.50. The molecule has 0 saturated heterocycles. The molecule has 1 rings (SSSR count). The predicted octanol–water partition coefficient (Wildman–Crippen LogP) is 2.86. The number of allylic oxidation sites excluding steroid dienone is 2. The quantitative estimate of drug-likeness (QED) is 0.171. The molecule has 0 aromatic rings. The van der Waals surface area contributed by atoms with Crippen LogP contribution in [0.25, 0.3) is 0 Å². The molecule has 32 heavy (non-hydrogen) atoms. The van der Waals surface area contributed by atoms with Gasteiger partial charge < -0.3 is 24.8 Å². The molecular formula is C25H38O7. The van der Waals surface area contributed by atoms with E-state index >= 15 is 0 Å². The summed E-state index contributed by atoms with van der Waals surface area (Å²) in [4.78, 5) is 24.2. The van der Waals surface area contributed by atoms with E-state index in [-0.39, 0.29) is 31.0 Å². The van der Waals surface area contributed by atoms with Gasteiger partial charge >= 0.3 is 11.9 Å². The molecule has 0 bridgehead atoms. The van der Waals surface area contributed by atoms with Gasteiger partial charge in [-0.2, -0.15) is 0 Å². The maximum atomic E-state index is 12.4. The van der Waals surface area contributed by atoms with Gasteiger partial charge in [-0.25, -0.2) is 9.59 Å². The van der Waals surface area contributed by atoms with Crippen molar-refractivity contribution < 1.29 is 34.4 Å². The van der Waals surface area contributed by atoms with Gasteiger partial charge in [0, 0.05) is 31.3 Å². The fourth-order valence-electron chi connectivity index (χ4n) is 3.90. The Labute approximate surface area is 191 Å². The van der Waals surface area contributed by atoms with Crippen LogP contribution in [-0.2, 0) is 19.1 Å². The van der Waals surface area contributed by atoms with Crippen LogP contribution in [0.5, 0.6) is 0 Å². The molecule has 7 heteroatoms. The SMILES string of the molecule is C=C[C@@](C)(O)C[C@H](C)C[C@H](C)[C@H]1OC(=O)C=C[C@H]1OC(=O)/C=C/C(C)=C/[C@@H](CO)CCO. The highest BCUT2D eigenvalue weighted by atomic mass is 16.6. The number of cyclic esters (lactones) is 1. The van der Waals surface area contributed by atoms with Gasteiger partial charge in [-0.05, 0) is 51.0 Å². The third kappa shape index (κ3) is 9.94. The molecule has 3 N–H and O–H groups in total. The Morgan fingerprint density at radius 3 is 2.62 bits per heavy atom. The predicted molar refractivity (Wildman–Crippen MR) is 122 cm³/mol. The number of aliphatic hydroxyl groups excluding tert-OH is 2. The lowest BCUT2D eigenvalue weighted by atomic mass is 9.84. The third-order valence-electron chi connectivity index (χ3n) is 5.50. The zero-order valence-electron chi connectivity index (χ0n) is 19.6. The average molecular weight is 451 g/mol. The Kier molecular flexibility index (Phi) is 11.6. The summed E-state index contributed by atoms with van der Waals surface area (Å²) < 4.78 is 11.0. The average Bonchev–Trinajstić information content (AvgIpc) is 2.72. The lowest BCUT2D eigenvalue weighted by Crippen LogP contribution is -2.41. The van der Waals surface area contributed by atoms with Gasteiger partial charge in [0.15, 0.2) is 6.10 Å². The van der Waals surface area contributed by atoms with Crippen molar-refractivity contribution in [2.45, 2.75) is 64.8 Å². The van der Waals surface area contributed by atoms with Gasteiger partial charge in [0.1, 0.15) is 6.10 Å². The first kappa shape index (κ1) is 27.8. The Bertz CT molecular complexity index is 720. The number of carbonyl (C=O) groups excluding carboxylic acids is 2. The monoisotopic (exact) mass is 450 g/mol. The number of hydrogen-bond acceptors (Lipinski definition) is 7. The Hall–Kier alpha value is -2.22. The van der Waals surface area contributed by atoms with Gasteiger partial charge in [-0.3, -0.25) is 0 Å². The fourth-order valence-corrected chi connectivity index (χ4v) is 3.90. The molecule has 0 fully saturated rings.